The van der Waals surface area contributed by atoms with Gasteiger partial charge in [-0.15, -0.1) is 0 Å². The summed E-state index contributed by atoms with van der Waals surface area (Å²) in [5.74, 6) is -0.902. The molecule has 2 N–H and O–H groups in total. The van der Waals surface area contributed by atoms with E-state index in [0.29, 0.717) is 16.5 Å². The highest BCUT2D eigenvalue weighted by atomic mass is 35.5. The normalized spacial score (nSPS) is 14.5. The number of carboxylic acids is 1. The minimum atomic E-state index is -1.00. The van der Waals surface area contributed by atoms with Crippen molar-refractivity contribution in [1.29, 1.82) is 0 Å². The smallest absolute Gasteiger partial charge is 0.323 e. The molecule has 0 saturated heterocycles. The van der Waals surface area contributed by atoms with Crippen LogP contribution in [0.3, 0.4) is 0 Å². The van der Waals surface area contributed by atoms with Gasteiger partial charge in [0.05, 0.1) is 10.0 Å². The SMILES string of the molecule is CNC(C)(Cc1ccc(Cl)c(Cl)c1)C(=O)O. The van der Waals surface area contributed by atoms with Gasteiger partial charge in [0.1, 0.15) is 5.54 Å². The lowest BCUT2D eigenvalue weighted by Gasteiger charge is -2.24. The van der Waals surface area contributed by atoms with E-state index in [1.54, 1.807) is 32.2 Å². The van der Waals surface area contributed by atoms with Gasteiger partial charge in [-0.1, -0.05) is 29.3 Å². The molecule has 1 rings (SSSR count). The van der Waals surface area contributed by atoms with Gasteiger partial charge < -0.3 is 10.4 Å². The van der Waals surface area contributed by atoms with Crippen molar-refractivity contribution in [2.75, 3.05) is 7.05 Å². The number of halogens is 2. The van der Waals surface area contributed by atoms with Gasteiger partial charge in [-0.2, -0.15) is 0 Å². The Bertz CT molecular complexity index is 409. The Morgan fingerprint density at radius 2 is 2.06 bits per heavy atom. The number of hydrogen-bond acceptors (Lipinski definition) is 2. The van der Waals surface area contributed by atoms with Crippen LogP contribution in [0, 0.1) is 0 Å². The maximum Gasteiger partial charge on any atom is 0.323 e. The molecule has 16 heavy (non-hydrogen) atoms. The zero-order valence-electron chi connectivity index (χ0n) is 9.05. The predicted octanol–water partition coefficient (Wildman–Crippen LogP) is 2.60. The lowest BCUT2D eigenvalue weighted by molar-refractivity contribution is -0.143. The van der Waals surface area contributed by atoms with Crippen LogP contribution in [0.2, 0.25) is 10.0 Å². The Labute approximate surface area is 104 Å². The summed E-state index contributed by atoms with van der Waals surface area (Å²) in [5.41, 5.74) is -0.175. The molecule has 0 bridgehead atoms. The molecule has 0 amide bonds. The summed E-state index contributed by atoms with van der Waals surface area (Å²) in [6.45, 7) is 1.62. The lowest BCUT2D eigenvalue weighted by atomic mass is 9.93. The highest BCUT2D eigenvalue weighted by molar-refractivity contribution is 6.42. The second-order valence-corrected chi connectivity index (χ2v) is 4.63. The van der Waals surface area contributed by atoms with Crippen LogP contribution >= 0.6 is 23.2 Å². The Morgan fingerprint density at radius 3 is 2.50 bits per heavy atom. The molecule has 0 aliphatic heterocycles. The van der Waals surface area contributed by atoms with Crippen molar-refractivity contribution in [2.24, 2.45) is 0 Å². The highest BCUT2D eigenvalue weighted by Gasteiger charge is 2.31. The van der Waals surface area contributed by atoms with E-state index in [1.165, 1.54) is 0 Å². The van der Waals surface area contributed by atoms with E-state index in [-0.39, 0.29) is 0 Å². The summed E-state index contributed by atoms with van der Waals surface area (Å²) in [6, 6.07) is 5.12. The molecule has 1 unspecified atom stereocenters. The molecular formula is C11H13Cl2NO2. The van der Waals surface area contributed by atoms with Crippen LogP contribution < -0.4 is 5.32 Å². The second kappa shape index (κ2) is 5.04. The van der Waals surface area contributed by atoms with E-state index >= 15 is 0 Å². The number of carbonyl (C=O) groups is 1. The summed E-state index contributed by atoms with van der Waals surface area (Å²) >= 11 is 11.7. The van der Waals surface area contributed by atoms with Crippen LogP contribution in [-0.2, 0) is 11.2 Å². The molecule has 1 aromatic carbocycles. The first kappa shape index (κ1) is 13.3. The van der Waals surface area contributed by atoms with Crippen molar-refractivity contribution in [3.8, 4) is 0 Å². The van der Waals surface area contributed by atoms with Gasteiger partial charge in [-0.3, -0.25) is 4.79 Å². The van der Waals surface area contributed by atoms with Gasteiger partial charge in [0.25, 0.3) is 0 Å². The molecule has 1 atom stereocenters. The third-order valence-corrected chi connectivity index (χ3v) is 3.30. The molecule has 1 aromatic rings. The van der Waals surface area contributed by atoms with Crippen molar-refractivity contribution < 1.29 is 9.90 Å². The number of carboxylic acid groups (broad SMARTS) is 1. The van der Waals surface area contributed by atoms with Crippen LogP contribution in [0.1, 0.15) is 12.5 Å². The van der Waals surface area contributed by atoms with Gasteiger partial charge in [-0.05, 0) is 31.7 Å². The zero-order valence-corrected chi connectivity index (χ0v) is 10.6. The summed E-state index contributed by atoms with van der Waals surface area (Å²) in [5, 5.41) is 12.8. The Morgan fingerprint density at radius 1 is 1.44 bits per heavy atom. The topological polar surface area (TPSA) is 49.3 Å². The number of likely N-dealkylation sites (N-methyl/N-ethyl adjacent to an activating group) is 1. The molecule has 0 aromatic heterocycles. The molecule has 0 fully saturated rings. The molecule has 5 heteroatoms. The number of aliphatic carboxylic acids is 1. The standard InChI is InChI=1S/C11H13Cl2NO2/c1-11(14-2,10(15)16)6-7-3-4-8(12)9(13)5-7/h3-5,14H,6H2,1-2H3,(H,15,16). The number of rotatable bonds is 4. The maximum absolute atomic E-state index is 11.1. The minimum absolute atomic E-state index is 0.343. The van der Waals surface area contributed by atoms with Gasteiger partial charge in [-0.25, -0.2) is 0 Å². The van der Waals surface area contributed by atoms with Crippen molar-refractivity contribution in [3.63, 3.8) is 0 Å². The lowest BCUT2D eigenvalue weighted by Crippen LogP contribution is -2.49. The van der Waals surface area contributed by atoms with E-state index in [2.05, 4.69) is 5.32 Å². The van der Waals surface area contributed by atoms with Crippen LogP contribution in [0.5, 0.6) is 0 Å². The first-order chi connectivity index (χ1) is 7.39. The van der Waals surface area contributed by atoms with Crippen molar-refractivity contribution in [3.05, 3.63) is 33.8 Å². The quantitative estimate of drug-likeness (QED) is 0.876. The van der Waals surface area contributed by atoms with Gasteiger partial charge in [0, 0.05) is 6.42 Å². The molecule has 0 heterocycles. The average molecular weight is 262 g/mol. The van der Waals surface area contributed by atoms with E-state index in [1.807, 2.05) is 0 Å². The van der Waals surface area contributed by atoms with Crippen molar-refractivity contribution in [2.45, 2.75) is 18.9 Å². The minimum Gasteiger partial charge on any atom is -0.480 e. The molecule has 0 aliphatic rings. The summed E-state index contributed by atoms with van der Waals surface area (Å²) in [6.07, 6.45) is 0.343. The first-order valence-corrected chi connectivity index (χ1v) is 5.51. The fraction of sp³-hybridized carbons (Fsp3) is 0.364. The van der Waals surface area contributed by atoms with Gasteiger partial charge in [0.15, 0.2) is 0 Å². The molecule has 0 saturated carbocycles. The fourth-order valence-electron chi connectivity index (χ4n) is 1.33. The number of nitrogens with one attached hydrogen (secondary N) is 1. The molecule has 0 aliphatic carbocycles. The summed E-state index contributed by atoms with van der Waals surface area (Å²) in [7, 11) is 1.62. The fourth-order valence-corrected chi connectivity index (χ4v) is 1.65. The van der Waals surface area contributed by atoms with Crippen LogP contribution in [-0.4, -0.2) is 23.7 Å². The van der Waals surface area contributed by atoms with E-state index in [9.17, 15) is 4.79 Å². The molecular weight excluding hydrogens is 249 g/mol. The van der Waals surface area contributed by atoms with Crippen molar-refractivity contribution in [1.82, 2.24) is 5.32 Å². The molecule has 3 nitrogen and oxygen atoms in total. The number of hydrogen-bond donors (Lipinski definition) is 2. The van der Waals surface area contributed by atoms with E-state index in [4.69, 9.17) is 28.3 Å². The number of benzene rings is 1. The van der Waals surface area contributed by atoms with Crippen LogP contribution in [0.25, 0.3) is 0 Å². The van der Waals surface area contributed by atoms with Crippen LogP contribution in [0.15, 0.2) is 18.2 Å². The largest absolute Gasteiger partial charge is 0.480 e. The van der Waals surface area contributed by atoms with Gasteiger partial charge >= 0.3 is 5.97 Å². The first-order valence-electron chi connectivity index (χ1n) is 4.75. The maximum atomic E-state index is 11.1. The highest BCUT2D eigenvalue weighted by Crippen LogP contribution is 2.24. The second-order valence-electron chi connectivity index (χ2n) is 3.81. The molecule has 88 valence electrons. The third kappa shape index (κ3) is 2.88. The Kier molecular flexibility index (Phi) is 4.19. The van der Waals surface area contributed by atoms with Crippen LogP contribution in [0.4, 0.5) is 0 Å². The zero-order chi connectivity index (χ0) is 12.3. The monoisotopic (exact) mass is 261 g/mol. The van der Waals surface area contributed by atoms with Gasteiger partial charge in [0.2, 0.25) is 0 Å². The summed E-state index contributed by atoms with van der Waals surface area (Å²) < 4.78 is 0. The van der Waals surface area contributed by atoms with Crippen molar-refractivity contribution >= 4 is 29.2 Å². The van der Waals surface area contributed by atoms with E-state index < -0.39 is 11.5 Å². The summed E-state index contributed by atoms with van der Waals surface area (Å²) in [4.78, 5) is 11.1. The van der Waals surface area contributed by atoms with E-state index in [0.717, 1.165) is 5.56 Å². The Hall–Kier alpha value is -0.770. The predicted molar refractivity (Wildman–Crippen MR) is 65.3 cm³/mol. The Balaban J connectivity index is 2.95. The molecule has 0 spiro atoms. The third-order valence-electron chi connectivity index (χ3n) is 2.57. The molecule has 0 radical (unpaired) electrons. The average Bonchev–Trinajstić information content (AvgIpc) is 2.23.